The number of H-pyrrole nitrogens is 1. The van der Waals surface area contributed by atoms with E-state index < -0.39 is 6.09 Å². The predicted octanol–water partition coefficient (Wildman–Crippen LogP) is 7.29. The number of likely N-dealkylation sites (tertiary alicyclic amines) is 1. The van der Waals surface area contributed by atoms with Crippen molar-refractivity contribution in [3.63, 3.8) is 0 Å². The first-order chi connectivity index (χ1) is 21.8. The molecule has 1 aromatic heterocycles. The lowest BCUT2D eigenvalue weighted by Gasteiger charge is -2.34. The Morgan fingerprint density at radius 3 is 2.20 bits per heavy atom. The van der Waals surface area contributed by atoms with Crippen LogP contribution in [0.4, 0.5) is 10.5 Å². The number of amides is 2. The van der Waals surface area contributed by atoms with E-state index in [9.17, 15) is 9.59 Å². The third-order valence-electron chi connectivity index (χ3n) is 7.65. The third kappa shape index (κ3) is 10.3. The van der Waals surface area contributed by atoms with Crippen LogP contribution in [0.5, 0.6) is 0 Å². The second-order valence-electron chi connectivity index (χ2n) is 10.8. The molecule has 3 heterocycles. The molecule has 9 nitrogen and oxygen atoms in total. The van der Waals surface area contributed by atoms with Gasteiger partial charge in [0.25, 0.3) is 0 Å². The fourth-order valence-electron chi connectivity index (χ4n) is 5.34. The monoisotopic (exact) mass is 620 g/mol. The van der Waals surface area contributed by atoms with Crippen LogP contribution in [-0.2, 0) is 9.53 Å². The lowest BCUT2D eigenvalue weighted by molar-refractivity contribution is -0.131. The molecule has 0 unspecified atom stereocenters. The number of aryl methyl sites for hydroxylation is 1. The van der Waals surface area contributed by atoms with E-state index in [0.717, 1.165) is 56.1 Å². The normalized spacial score (nSPS) is 15.9. The molecule has 3 aromatic rings. The summed E-state index contributed by atoms with van der Waals surface area (Å²) in [5.74, 6) is 0.621. The first kappa shape index (κ1) is 37.3. The van der Waals surface area contributed by atoms with Crippen molar-refractivity contribution in [1.82, 2.24) is 25.1 Å². The molecule has 0 radical (unpaired) electrons. The van der Waals surface area contributed by atoms with E-state index in [0.29, 0.717) is 6.54 Å². The molecular weight excluding hydrogens is 564 g/mol. The number of hydrogen-bond donors (Lipinski definition) is 2. The molecule has 2 aromatic carbocycles. The van der Waals surface area contributed by atoms with Crippen LogP contribution in [0.3, 0.4) is 0 Å². The van der Waals surface area contributed by atoms with Crippen molar-refractivity contribution in [2.75, 3.05) is 58.3 Å². The number of nitrogens with one attached hydrogen (secondary N) is 2. The van der Waals surface area contributed by atoms with Crippen molar-refractivity contribution in [3.05, 3.63) is 60.0 Å². The third-order valence-corrected chi connectivity index (χ3v) is 7.65. The second kappa shape index (κ2) is 19.5. The maximum Gasteiger partial charge on any atom is 0.407 e. The molecule has 2 saturated heterocycles. The van der Waals surface area contributed by atoms with Crippen LogP contribution in [0.15, 0.2) is 48.7 Å². The molecule has 1 atom stereocenters. The second-order valence-corrected chi connectivity index (χ2v) is 10.8. The van der Waals surface area contributed by atoms with Gasteiger partial charge in [-0.3, -0.25) is 4.79 Å². The first-order valence-electron chi connectivity index (χ1n) is 16.7. The van der Waals surface area contributed by atoms with Gasteiger partial charge in [0.15, 0.2) is 0 Å². The lowest BCUT2D eigenvalue weighted by atomic mass is 9.97. The molecule has 9 heteroatoms. The minimum atomic E-state index is -0.612. The molecule has 0 saturated carbocycles. The largest absolute Gasteiger partial charge is 0.453 e. The standard InChI is InChI=1S/C29H36N6O3.C3H8.2C2H6/c1-20-6-7-22(17-24(20)21-8-10-23(11-9-21)34-15-13-33(2)14-16-34)25-18-30-28(32-25)26-5-4-12-35(26)27(36)19-31-29(37)38-3;1-3-2;2*1-2/h6-11,17-18,26H,4-5,12-16,19H2,1-3H3,(H,30,32)(H,31,37);3H2,1-2H3;2*1-2H3/t26-;;;/m0.../s1. The highest BCUT2D eigenvalue weighted by Gasteiger charge is 2.32. The number of imidazole rings is 1. The number of aromatic amines is 1. The average molecular weight is 621 g/mol. The maximum absolute atomic E-state index is 12.7. The Balaban J connectivity index is 0.000000934. The highest BCUT2D eigenvalue weighted by atomic mass is 16.5. The van der Waals surface area contributed by atoms with E-state index in [4.69, 9.17) is 0 Å². The Labute approximate surface area is 271 Å². The number of piperazine rings is 1. The summed E-state index contributed by atoms with van der Waals surface area (Å²) in [6.07, 6.45) is 4.20. The number of anilines is 1. The van der Waals surface area contributed by atoms with Gasteiger partial charge in [0.05, 0.1) is 25.0 Å². The van der Waals surface area contributed by atoms with Crippen LogP contribution in [0.1, 0.15) is 78.2 Å². The number of ether oxygens (including phenoxy) is 1. The zero-order valence-electron chi connectivity index (χ0n) is 29.1. The zero-order valence-corrected chi connectivity index (χ0v) is 29.1. The van der Waals surface area contributed by atoms with Crippen molar-refractivity contribution in [2.24, 2.45) is 0 Å². The number of carbonyl (C=O) groups is 2. The number of methoxy groups -OCH3 is 1. The molecule has 2 fully saturated rings. The van der Waals surface area contributed by atoms with E-state index in [1.54, 1.807) is 4.90 Å². The summed E-state index contributed by atoms with van der Waals surface area (Å²) in [6, 6.07) is 15.2. The summed E-state index contributed by atoms with van der Waals surface area (Å²) in [5, 5.41) is 2.48. The van der Waals surface area contributed by atoms with Gasteiger partial charge < -0.3 is 29.7 Å². The smallest absolute Gasteiger partial charge is 0.407 e. The summed E-state index contributed by atoms with van der Waals surface area (Å²) < 4.78 is 4.57. The zero-order chi connectivity index (χ0) is 33.4. The predicted molar refractivity (Wildman–Crippen MR) is 187 cm³/mol. The number of carbonyl (C=O) groups excluding carboxylic acids is 2. The quantitative estimate of drug-likeness (QED) is 0.301. The van der Waals surface area contributed by atoms with Gasteiger partial charge in [0.2, 0.25) is 5.91 Å². The SMILES string of the molecule is CC.CC.CCC.COC(=O)NCC(=O)N1CCC[C@H]1c1ncc(-c2ccc(C)c(-c3ccc(N4CCN(C)CC4)cc3)c2)[nH]1. The van der Waals surface area contributed by atoms with Crippen molar-refractivity contribution in [3.8, 4) is 22.4 Å². The maximum atomic E-state index is 12.7. The van der Waals surface area contributed by atoms with Gasteiger partial charge in [-0.05, 0) is 61.7 Å². The molecule has 2 aliphatic rings. The van der Waals surface area contributed by atoms with Gasteiger partial charge >= 0.3 is 6.09 Å². The van der Waals surface area contributed by atoms with Crippen LogP contribution in [0.25, 0.3) is 22.4 Å². The van der Waals surface area contributed by atoms with E-state index in [1.165, 1.54) is 35.9 Å². The summed E-state index contributed by atoms with van der Waals surface area (Å²) in [5.41, 5.74) is 6.83. The van der Waals surface area contributed by atoms with Crippen LogP contribution < -0.4 is 10.2 Å². The lowest BCUT2D eigenvalue weighted by Crippen LogP contribution is -2.44. The van der Waals surface area contributed by atoms with E-state index in [1.807, 2.05) is 33.9 Å². The van der Waals surface area contributed by atoms with Crippen LogP contribution in [0.2, 0.25) is 0 Å². The molecule has 248 valence electrons. The first-order valence-corrected chi connectivity index (χ1v) is 16.7. The summed E-state index contributed by atoms with van der Waals surface area (Å²) >= 11 is 0. The fourth-order valence-corrected chi connectivity index (χ4v) is 5.34. The van der Waals surface area contributed by atoms with Gasteiger partial charge in [-0.15, -0.1) is 0 Å². The molecule has 5 rings (SSSR count). The van der Waals surface area contributed by atoms with Gasteiger partial charge in [-0.25, -0.2) is 9.78 Å². The Bertz CT molecular complexity index is 1300. The molecule has 45 heavy (non-hydrogen) atoms. The molecule has 0 aliphatic carbocycles. The Hall–Kier alpha value is -3.85. The van der Waals surface area contributed by atoms with E-state index in [2.05, 4.69) is 100 Å². The number of benzene rings is 2. The summed E-state index contributed by atoms with van der Waals surface area (Å²) in [7, 11) is 3.45. The highest BCUT2D eigenvalue weighted by Crippen LogP contribution is 2.33. The van der Waals surface area contributed by atoms with Gasteiger partial charge in [-0.2, -0.15) is 0 Å². The number of hydrogen-bond acceptors (Lipinski definition) is 6. The highest BCUT2D eigenvalue weighted by molar-refractivity contribution is 5.82. The van der Waals surface area contributed by atoms with E-state index >= 15 is 0 Å². The van der Waals surface area contributed by atoms with Crippen molar-refractivity contribution in [2.45, 2.75) is 73.8 Å². The number of likely N-dealkylation sites (N-methyl/N-ethyl adjacent to an activating group) is 1. The fraction of sp³-hybridized carbons (Fsp3) is 0.528. The molecule has 2 N–H and O–H groups in total. The van der Waals surface area contributed by atoms with Crippen LogP contribution >= 0.6 is 0 Å². The Kier molecular flexibility index (Phi) is 16.2. The summed E-state index contributed by atoms with van der Waals surface area (Å²) in [6.45, 7) is 19.2. The number of alkyl carbamates (subject to hydrolysis) is 1. The molecule has 2 aliphatic heterocycles. The molecule has 0 spiro atoms. The topological polar surface area (TPSA) is 93.8 Å². The molecule has 2 amide bonds. The Morgan fingerprint density at radius 2 is 1.58 bits per heavy atom. The summed E-state index contributed by atoms with van der Waals surface area (Å²) in [4.78, 5) is 38.8. The van der Waals surface area contributed by atoms with Gasteiger partial charge in [0, 0.05) is 44.0 Å². The molecule has 0 bridgehead atoms. The number of nitrogens with zero attached hydrogens (tertiary/aromatic N) is 4. The van der Waals surface area contributed by atoms with Crippen molar-refractivity contribution in [1.29, 1.82) is 0 Å². The number of rotatable bonds is 6. The minimum absolute atomic E-state index is 0.0916. The van der Waals surface area contributed by atoms with Crippen LogP contribution in [0, 0.1) is 6.92 Å². The van der Waals surface area contributed by atoms with Crippen molar-refractivity contribution >= 4 is 17.7 Å². The van der Waals surface area contributed by atoms with Crippen molar-refractivity contribution < 1.29 is 14.3 Å². The van der Waals surface area contributed by atoms with Gasteiger partial charge in [0.1, 0.15) is 12.4 Å². The minimum Gasteiger partial charge on any atom is -0.453 e. The van der Waals surface area contributed by atoms with Crippen LogP contribution in [-0.4, -0.2) is 85.2 Å². The van der Waals surface area contributed by atoms with Gasteiger partial charge in [-0.1, -0.05) is 72.2 Å². The molecular formula is C36H56N6O3. The van der Waals surface area contributed by atoms with E-state index in [-0.39, 0.29) is 18.5 Å². The average Bonchev–Trinajstić information content (AvgIpc) is 3.77. The Morgan fingerprint density at radius 1 is 0.956 bits per heavy atom. The number of aromatic nitrogens is 2.